The minimum absolute atomic E-state index is 0.215. The maximum Gasteiger partial charge on any atom is 0.490 e. The lowest BCUT2D eigenvalue weighted by atomic mass is 9.97. The summed E-state index contributed by atoms with van der Waals surface area (Å²) < 4.78 is 95.2. The summed E-state index contributed by atoms with van der Waals surface area (Å²) in [4.78, 5) is 40.3. The Labute approximate surface area is 233 Å². The Morgan fingerprint density at radius 2 is 1.21 bits per heavy atom. The van der Waals surface area contributed by atoms with Crippen molar-refractivity contribution in [1.82, 2.24) is 14.9 Å². The topological polar surface area (TPSA) is 182 Å². The molecule has 42 heavy (non-hydrogen) atoms. The molecule has 244 valence electrons. The molecule has 6 N–H and O–H groups in total. The number of hydrogen-bond acceptors (Lipinski definition) is 9. The van der Waals surface area contributed by atoms with E-state index in [4.69, 9.17) is 35.4 Å². The van der Waals surface area contributed by atoms with Crippen molar-refractivity contribution in [2.75, 3.05) is 56.0 Å². The van der Waals surface area contributed by atoms with Crippen LogP contribution in [0.25, 0.3) is 0 Å². The molecule has 21 heteroatoms. The quantitative estimate of drug-likeness (QED) is 0.299. The second kappa shape index (κ2) is 17.4. The molecule has 1 aromatic heterocycles. The van der Waals surface area contributed by atoms with E-state index in [1.165, 1.54) is 0 Å². The van der Waals surface area contributed by atoms with Gasteiger partial charge >= 0.3 is 36.4 Å². The fourth-order valence-corrected chi connectivity index (χ4v) is 2.34. The van der Waals surface area contributed by atoms with Crippen molar-refractivity contribution in [2.45, 2.75) is 39.3 Å². The molecule has 12 nitrogen and oxygen atoms in total. The van der Waals surface area contributed by atoms with E-state index in [0.29, 0.717) is 5.95 Å². The number of nitrogens with zero attached hydrogens (tertiary/aromatic N) is 4. The summed E-state index contributed by atoms with van der Waals surface area (Å²) in [5.41, 5.74) is 5.82. The lowest BCUT2D eigenvalue weighted by Crippen LogP contribution is -2.48. The van der Waals surface area contributed by atoms with Crippen LogP contribution < -0.4 is 16.0 Å². The van der Waals surface area contributed by atoms with Gasteiger partial charge in [0.15, 0.2) is 0 Å². The maximum atomic E-state index is 10.6. The molecule has 0 unspecified atom stereocenters. The molecule has 1 fully saturated rings. The van der Waals surface area contributed by atoms with Crippen LogP contribution in [0, 0.1) is 5.41 Å². The van der Waals surface area contributed by atoms with Crippen molar-refractivity contribution in [3.8, 4) is 0 Å². The van der Waals surface area contributed by atoms with Gasteiger partial charge in [0, 0.05) is 52.0 Å². The van der Waals surface area contributed by atoms with Crippen molar-refractivity contribution in [3.63, 3.8) is 0 Å². The lowest BCUT2D eigenvalue weighted by Gasteiger charge is -2.35. The number of nitrogens with two attached hydrogens (primary N) is 1. The van der Waals surface area contributed by atoms with Crippen LogP contribution in [0.2, 0.25) is 0 Å². The number of halogens is 9. The van der Waals surface area contributed by atoms with Crippen molar-refractivity contribution in [2.24, 2.45) is 11.1 Å². The molecule has 0 aliphatic carbocycles. The Bertz CT molecular complexity index is 920. The van der Waals surface area contributed by atoms with Gasteiger partial charge in [-0.2, -0.15) is 44.5 Å². The third kappa shape index (κ3) is 20.3. The second-order valence-electron chi connectivity index (χ2n) is 9.18. The molecule has 0 aromatic carbocycles. The van der Waals surface area contributed by atoms with Crippen LogP contribution in [-0.4, -0.2) is 112 Å². The number of carbonyl (C=O) groups is 3. The van der Waals surface area contributed by atoms with E-state index >= 15 is 0 Å². The highest BCUT2D eigenvalue weighted by atomic mass is 19.4. The number of hydrogen-bond donors (Lipinski definition) is 5. The zero-order valence-electron chi connectivity index (χ0n) is 22.4. The number of nitrogens with one attached hydrogen (secondary N) is 1. The number of anilines is 2. The van der Waals surface area contributed by atoms with Crippen molar-refractivity contribution in [1.29, 1.82) is 0 Å². The van der Waals surface area contributed by atoms with Gasteiger partial charge in [-0.05, 0) is 11.5 Å². The average molecular weight is 634 g/mol. The lowest BCUT2D eigenvalue weighted by molar-refractivity contribution is -0.193. The fraction of sp³-hybridized carbons (Fsp3) is 0.667. The summed E-state index contributed by atoms with van der Waals surface area (Å²) in [6, 6.07) is 1.99. The van der Waals surface area contributed by atoms with Gasteiger partial charge in [0.2, 0.25) is 5.95 Å². The SMILES string of the molecule is CC(C)(C)CNc1nccc(N2CCN(CCN)CC2)n1.O=C(O)C(F)(F)F.O=C(O)C(F)(F)F.O=C(O)C(F)(F)F. The molecular formula is C21H31F9N6O6. The zero-order chi connectivity index (χ0) is 33.5. The van der Waals surface area contributed by atoms with Crippen LogP contribution in [0.1, 0.15) is 20.8 Å². The Kier molecular flexibility index (Phi) is 16.8. The van der Waals surface area contributed by atoms with Gasteiger partial charge in [0.25, 0.3) is 0 Å². The first-order valence-corrected chi connectivity index (χ1v) is 11.5. The third-order valence-corrected chi connectivity index (χ3v) is 4.29. The predicted molar refractivity (Wildman–Crippen MR) is 129 cm³/mol. The van der Waals surface area contributed by atoms with Crippen molar-refractivity contribution < 1.29 is 69.2 Å². The van der Waals surface area contributed by atoms with Gasteiger partial charge < -0.3 is 31.3 Å². The van der Waals surface area contributed by atoms with E-state index in [1.807, 2.05) is 12.3 Å². The molecule has 0 radical (unpaired) electrons. The minimum atomic E-state index is -5.08. The summed E-state index contributed by atoms with van der Waals surface area (Å²) in [5.74, 6) is -6.55. The maximum absolute atomic E-state index is 10.6. The molecule has 0 bridgehead atoms. The van der Waals surface area contributed by atoms with Gasteiger partial charge in [-0.3, -0.25) is 4.90 Å². The third-order valence-electron chi connectivity index (χ3n) is 4.29. The van der Waals surface area contributed by atoms with Crippen LogP contribution in [0.3, 0.4) is 0 Å². The first kappa shape index (κ1) is 40.5. The van der Waals surface area contributed by atoms with Gasteiger partial charge in [-0.25, -0.2) is 19.4 Å². The first-order valence-electron chi connectivity index (χ1n) is 11.5. The number of piperazine rings is 1. The number of alkyl halides is 9. The van der Waals surface area contributed by atoms with E-state index in [-0.39, 0.29) is 5.41 Å². The van der Waals surface area contributed by atoms with E-state index < -0.39 is 36.4 Å². The molecule has 1 aliphatic rings. The van der Waals surface area contributed by atoms with Crippen LogP contribution in [0.4, 0.5) is 51.3 Å². The predicted octanol–water partition coefficient (Wildman–Crippen LogP) is 2.92. The van der Waals surface area contributed by atoms with Crippen molar-refractivity contribution >= 4 is 29.7 Å². The van der Waals surface area contributed by atoms with E-state index in [1.54, 1.807) is 0 Å². The molecule has 2 rings (SSSR count). The Morgan fingerprint density at radius 3 is 1.52 bits per heavy atom. The molecule has 0 spiro atoms. The van der Waals surface area contributed by atoms with Crippen molar-refractivity contribution in [3.05, 3.63) is 12.3 Å². The van der Waals surface area contributed by atoms with Gasteiger partial charge in [-0.1, -0.05) is 20.8 Å². The summed E-state index contributed by atoms with van der Waals surface area (Å²) >= 11 is 0. The molecular weight excluding hydrogens is 603 g/mol. The summed E-state index contributed by atoms with van der Waals surface area (Å²) in [7, 11) is 0. The highest BCUT2D eigenvalue weighted by Crippen LogP contribution is 2.17. The zero-order valence-corrected chi connectivity index (χ0v) is 22.4. The first-order chi connectivity index (χ1) is 18.8. The average Bonchev–Trinajstić information content (AvgIpc) is 2.82. The van der Waals surface area contributed by atoms with Crippen LogP contribution in [-0.2, 0) is 14.4 Å². The molecule has 0 amide bonds. The molecule has 0 atom stereocenters. The molecule has 0 saturated carbocycles. The van der Waals surface area contributed by atoms with E-state index in [0.717, 1.165) is 51.6 Å². The monoisotopic (exact) mass is 634 g/mol. The molecule has 1 aromatic rings. The van der Waals surface area contributed by atoms with Gasteiger partial charge in [0.1, 0.15) is 5.82 Å². The normalized spacial score (nSPS) is 14.2. The molecule has 1 aliphatic heterocycles. The van der Waals surface area contributed by atoms with Gasteiger partial charge in [-0.15, -0.1) is 0 Å². The summed E-state index contributed by atoms with van der Waals surface area (Å²) in [6.45, 7) is 13.2. The smallest absolute Gasteiger partial charge is 0.475 e. The summed E-state index contributed by atoms with van der Waals surface area (Å²) in [6.07, 6.45) is -13.4. The van der Waals surface area contributed by atoms with Gasteiger partial charge in [0.05, 0.1) is 0 Å². The number of aromatic nitrogens is 2. The Hall–Kier alpha value is -3.62. The van der Waals surface area contributed by atoms with E-state index in [9.17, 15) is 39.5 Å². The highest BCUT2D eigenvalue weighted by Gasteiger charge is 2.39. The Balaban J connectivity index is 0. The summed E-state index contributed by atoms with van der Waals surface area (Å²) in [5, 5.41) is 24.7. The van der Waals surface area contributed by atoms with Crippen LogP contribution in [0.5, 0.6) is 0 Å². The highest BCUT2D eigenvalue weighted by molar-refractivity contribution is 5.73. The number of carboxylic acids is 3. The van der Waals surface area contributed by atoms with E-state index in [2.05, 4.69) is 45.9 Å². The molecule has 1 saturated heterocycles. The van der Waals surface area contributed by atoms with Crippen LogP contribution >= 0.6 is 0 Å². The second-order valence-corrected chi connectivity index (χ2v) is 9.18. The minimum Gasteiger partial charge on any atom is -0.475 e. The largest absolute Gasteiger partial charge is 0.490 e. The fourth-order valence-electron chi connectivity index (χ4n) is 2.34. The number of carboxylic acid groups (broad SMARTS) is 3. The van der Waals surface area contributed by atoms with Crippen LogP contribution in [0.15, 0.2) is 12.3 Å². The standard InChI is InChI=1S/C15H28N6.3C2HF3O2/c1-15(2,3)12-18-14-17-6-4-13(19-14)21-10-8-20(7-5-16)9-11-21;3*3-2(4,5)1(6)7/h4,6H,5,7-12,16H2,1-3H3,(H,17,18,19);3*(H,6,7). The number of aliphatic carboxylic acids is 3. The number of rotatable bonds is 5. The Morgan fingerprint density at radius 1 is 0.833 bits per heavy atom. The molecule has 2 heterocycles.